The molecule has 0 bridgehead atoms. The molecule has 2 aromatic carbocycles. The lowest BCUT2D eigenvalue weighted by Gasteiger charge is -2.30. The molecule has 0 aliphatic carbocycles. The number of carbonyl (C=O) groups is 2. The van der Waals surface area contributed by atoms with Crippen LogP contribution in [0.3, 0.4) is 0 Å². The second kappa shape index (κ2) is 8.31. The van der Waals surface area contributed by atoms with Crippen LogP contribution in [0.5, 0.6) is 11.5 Å². The summed E-state index contributed by atoms with van der Waals surface area (Å²) in [4.78, 5) is 24.1. The number of hydrogen-bond acceptors (Lipinski definition) is 7. The van der Waals surface area contributed by atoms with Gasteiger partial charge >= 0.3 is 5.97 Å². The fourth-order valence-corrected chi connectivity index (χ4v) is 4.76. The number of nitrogens with zero attached hydrogens (tertiary/aromatic N) is 1. The van der Waals surface area contributed by atoms with Crippen molar-refractivity contribution in [1.29, 1.82) is 0 Å². The molecule has 0 spiro atoms. The number of amides is 1. The number of sulfonamides is 1. The number of allylic oxidation sites excluding steroid dienone is 1. The Kier molecular flexibility index (Phi) is 5.94. The third kappa shape index (κ3) is 3.81. The minimum atomic E-state index is -4.12. The summed E-state index contributed by atoms with van der Waals surface area (Å²) in [5, 5.41) is 2.57. The Balaban J connectivity index is 2.05. The summed E-state index contributed by atoms with van der Waals surface area (Å²) < 4.78 is 42.5. The SMILES string of the molecule is COC(=O)c1ccc(NC(=O)C2=C(C)c3cc(OC)c(OC)cc3N(C)S2(=O)=O)cc1. The summed E-state index contributed by atoms with van der Waals surface area (Å²) >= 11 is 0. The maximum Gasteiger partial charge on any atom is 0.337 e. The lowest BCUT2D eigenvalue weighted by molar-refractivity contribution is -0.112. The Bertz CT molecular complexity index is 1180. The zero-order chi connectivity index (χ0) is 22.9. The van der Waals surface area contributed by atoms with Gasteiger partial charge in [0.1, 0.15) is 0 Å². The molecule has 1 aliphatic rings. The molecule has 0 aromatic heterocycles. The highest BCUT2D eigenvalue weighted by Gasteiger charge is 2.38. The molecule has 1 aliphatic heterocycles. The van der Waals surface area contributed by atoms with Crippen molar-refractivity contribution in [3.63, 3.8) is 0 Å². The summed E-state index contributed by atoms with van der Waals surface area (Å²) in [7, 11) is 1.43. The lowest BCUT2D eigenvalue weighted by atomic mass is 10.0. The lowest BCUT2D eigenvalue weighted by Crippen LogP contribution is -2.36. The van der Waals surface area contributed by atoms with Gasteiger partial charge in [-0.05, 0) is 42.8 Å². The first-order chi connectivity index (χ1) is 14.6. The minimum absolute atomic E-state index is 0.276. The maximum absolute atomic E-state index is 13.1. The average Bonchev–Trinajstić information content (AvgIpc) is 2.76. The highest BCUT2D eigenvalue weighted by atomic mass is 32.2. The van der Waals surface area contributed by atoms with Crippen LogP contribution < -0.4 is 19.1 Å². The highest BCUT2D eigenvalue weighted by Crippen LogP contribution is 2.44. The molecule has 10 heteroatoms. The number of benzene rings is 2. The Hall–Kier alpha value is -3.53. The summed E-state index contributed by atoms with van der Waals surface area (Å²) in [5.41, 5.74) is 1.80. The summed E-state index contributed by atoms with van der Waals surface area (Å²) in [6.07, 6.45) is 0. The van der Waals surface area contributed by atoms with Gasteiger partial charge in [-0.1, -0.05) is 0 Å². The van der Waals surface area contributed by atoms with E-state index in [0.717, 1.165) is 4.31 Å². The Morgan fingerprint density at radius 1 is 0.968 bits per heavy atom. The molecule has 1 heterocycles. The summed E-state index contributed by atoms with van der Waals surface area (Å²) in [6.45, 7) is 1.56. The van der Waals surface area contributed by atoms with Gasteiger partial charge in [-0.2, -0.15) is 0 Å². The van der Waals surface area contributed by atoms with Crippen LogP contribution in [0.2, 0.25) is 0 Å². The van der Waals surface area contributed by atoms with E-state index >= 15 is 0 Å². The first-order valence-electron chi connectivity index (χ1n) is 9.11. The zero-order valence-corrected chi connectivity index (χ0v) is 18.5. The van der Waals surface area contributed by atoms with E-state index in [0.29, 0.717) is 34.0 Å². The van der Waals surface area contributed by atoms with Gasteiger partial charge in [0.05, 0.1) is 32.6 Å². The molecule has 164 valence electrons. The molecule has 0 saturated heterocycles. The Morgan fingerprint density at radius 2 is 1.55 bits per heavy atom. The summed E-state index contributed by atoms with van der Waals surface area (Å²) in [5.74, 6) is -0.536. The van der Waals surface area contributed by atoms with Crippen molar-refractivity contribution < 1.29 is 32.2 Å². The fraction of sp³-hybridized carbons (Fsp3) is 0.238. The first kappa shape index (κ1) is 22.2. The predicted molar refractivity (Wildman–Crippen MR) is 116 cm³/mol. The molecular weight excluding hydrogens is 424 g/mol. The van der Waals surface area contributed by atoms with Crippen LogP contribution >= 0.6 is 0 Å². The molecule has 0 radical (unpaired) electrons. The topological polar surface area (TPSA) is 111 Å². The van der Waals surface area contributed by atoms with Crippen LogP contribution in [0.25, 0.3) is 5.57 Å². The first-order valence-corrected chi connectivity index (χ1v) is 10.6. The molecule has 31 heavy (non-hydrogen) atoms. The van der Waals surface area contributed by atoms with Gasteiger partial charge in [0.25, 0.3) is 15.9 Å². The molecule has 0 saturated carbocycles. The quantitative estimate of drug-likeness (QED) is 0.703. The Morgan fingerprint density at radius 3 is 2.10 bits per heavy atom. The standard InChI is InChI=1S/C21H22N2O7S/c1-12-15-10-17(28-3)18(29-4)11-16(15)23(2)31(26,27)19(12)20(24)22-14-8-6-13(7-9-14)21(25)30-5/h6-11H,1-5H3,(H,22,24). The molecule has 0 atom stereocenters. The summed E-state index contributed by atoms with van der Waals surface area (Å²) in [6, 6.07) is 9.10. The number of esters is 1. The number of hydrogen-bond donors (Lipinski definition) is 1. The van der Waals surface area contributed by atoms with E-state index < -0.39 is 21.9 Å². The largest absolute Gasteiger partial charge is 0.493 e. The van der Waals surface area contributed by atoms with E-state index in [1.54, 1.807) is 19.1 Å². The third-order valence-electron chi connectivity index (χ3n) is 4.97. The zero-order valence-electron chi connectivity index (χ0n) is 17.7. The van der Waals surface area contributed by atoms with E-state index in [4.69, 9.17) is 9.47 Å². The predicted octanol–water partition coefficient (Wildman–Crippen LogP) is 2.64. The number of anilines is 2. The smallest absolute Gasteiger partial charge is 0.337 e. The van der Waals surface area contributed by atoms with Gasteiger partial charge < -0.3 is 19.5 Å². The van der Waals surface area contributed by atoms with Crippen molar-refractivity contribution in [3.05, 3.63) is 52.4 Å². The molecule has 2 aromatic rings. The van der Waals surface area contributed by atoms with Crippen LogP contribution in [0, 0.1) is 0 Å². The molecular formula is C21H22N2O7S. The second-order valence-corrected chi connectivity index (χ2v) is 8.58. The number of rotatable bonds is 5. The molecule has 3 rings (SSSR count). The van der Waals surface area contributed by atoms with E-state index in [1.165, 1.54) is 52.6 Å². The van der Waals surface area contributed by atoms with E-state index in [2.05, 4.69) is 10.1 Å². The van der Waals surface area contributed by atoms with Gasteiger partial charge in [0, 0.05) is 24.4 Å². The van der Waals surface area contributed by atoms with Crippen molar-refractivity contribution in [2.75, 3.05) is 38.0 Å². The molecule has 1 N–H and O–H groups in total. The highest BCUT2D eigenvalue weighted by molar-refractivity contribution is 7.97. The van der Waals surface area contributed by atoms with Crippen LogP contribution in [0.1, 0.15) is 22.8 Å². The van der Waals surface area contributed by atoms with Crippen LogP contribution in [0.15, 0.2) is 41.3 Å². The van der Waals surface area contributed by atoms with E-state index in [1.807, 2.05) is 0 Å². The van der Waals surface area contributed by atoms with Gasteiger partial charge in [0.15, 0.2) is 16.4 Å². The van der Waals surface area contributed by atoms with Crippen molar-refractivity contribution in [1.82, 2.24) is 0 Å². The average molecular weight is 446 g/mol. The van der Waals surface area contributed by atoms with Gasteiger partial charge in [0.2, 0.25) is 0 Å². The number of nitrogens with one attached hydrogen (secondary N) is 1. The molecule has 1 amide bonds. The van der Waals surface area contributed by atoms with Gasteiger partial charge in [-0.25, -0.2) is 13.2 Å². The van der Waals surface area contributed by atoms with E-state index in [-0.39, 0.29) is 10.5 Å². The van der Waals surface area contributed by atoms with Crippen LogP contribution in [-0.2, 0) is 19.6 Å². The number of carbonyl (C=O) groups excluding carboxylic acids is 2. The Labute approximate surface area is 180 Å². The maximum atomic E-state index is 13.1. The molecule has 0 unspecified atom stereocenters. The number of fused-ring (bicyclic) bond motifs is 1. The van der Waals surface area contributed by atoms with Crippen molar-refractivity contribution in [2.45, 2.75) is 6.92 Å². The monoisotopic (exact) mass is 446 g/mol. The molecule has 9 nitrogen and oxygen atoms in total. The number of ether oxygens (including phenoxy) is 3. The van der Waals surface area contributed by atoms with Gasteiger partial charge in [-0.3, -0.25) is 9.10 Å². The second-order valence-electron chi connectivity index (χ2n) is 6.67. The normalized spacial score (nSPS) is 14.5. The minimum Gasteiger partial charge on any atom is -0.493 e. The van der Waals surface area contributed by atoms with Crippen molar-refractivity contribution in [2.24, 2.45) is 0 Å². The van der Waals surface area contributed by atoms with Crippen molar-refractivity contribution >= 4 is 38.8 Å². The fourth-order valence-electron chi connectivity index (χ4n) is 3.29. The van der Waals surface area contributed by atoms with Crippen LogP contribution in [-0.4, -0.2) is 48.7 Å². The number of methoxy groups -OCH3 is 3. The molecule has 0 fully saturated rings. The van der Waals surface area contributed by atoms with Gasteiger partial charge in [-0.15, -0.1) is 0 Å². The van der Waals surface area contributed by atoms with Crippen molar-refractivity contribution in [3.8, 4) is 11.5 Å². The van der Waals surface area contributed by atoms with E-state index in [9.17, 15) is 18.0 Å². The van der Waals surface area contributed by atoms with Crippen LogP contribution in [0.4, 0.5) is 11.4 Å². The third-order valence-corrected chi connectivity index (χ3v) is 6.90.